The summed E-state index contributed by atoms with van der Waals surface area (Å²) in [6.07, 6.45) is 4.21. The minimum atomic E-state index is -0.146. The van der Waals surface area contributed by atoms with Crippen molar-refractivity contribution >= 4 is 5.69 Å². The van der Waals surface area contributed by atoms with Gasteiger partial charge in [-0.3, -0.25) is 4.98 Å². The van der Waals surface area contributed by atoms with Crippen LogP contribution in [-0.4, -0.2) is 25.6 Å². The van der Waals surface area contributed by atoms with Crippen LogP contribution in [0.5, 0.6) is 0 Å². The van der Waals surface area contributed by atoms with Crippen molar-refractivity contribution in [2.45, 2.75) is 24.8 Å². The summed E-state index contributed by atoms with van der Waals surface area (Å²) in [7, 11) is 4.09. The van der Waals surface area contributed by atoms with Gasteiger partial charge in [0.25, 0.3) is 0 Å². The maximum atomic E-state index is 13.8. The number of hydrogen-bond donors (Lipinski definition) is 1. The maximum Gasteiger partial charge on any atom is 0.127 e. The van der Waals surface area contributed by atoms with E-state index in [1.54, 1.807) is 6.07 Å². The Labute approximate surface area is 166 Å². The van der Waals surface area contributed by atoms with Crippen LogP contribution in [0.3, 0.4) is 0 Å². The molecule has 0 saturated heterocycles. The molecule has 1 saturated carbocycles. The lowest BCUT2D eigenvalue weighted by atomic mass is 9.95. The summed E-state index contributed by atoms with van der Waals surface area (Å²) in [5, 5.41) is 3.46. The molecule has 0 aliphatic heterocycles. The summed E-state index contributed by atoms with van der Waals surface area (Å²) in [4.78, 5) is 6.70. The first-order chi connectivity index (χ1) is 13.6. The number of nitrogens with one attached hydrogen (secondary N) is 1. The first-order valence-corrected chi connectivity index (χ1v) is 9.76. The van der Waals surface area contributed by atoms with E-state index in [0.29, 0.717) is 12.1 Å². The molecule has 0 atom stereocenters. The van der Waals surface area contributed by atoms with Crippen LogP contribution in [0.2, 0.25) is 0 Å². The average Bonchev–Trinajstić information content (AvgIpc) is 3.51. The largest absolute Gasteiger partial charge is 0.378 e. The highest BCUT2D eigenvalue weighted by Gasteiger charge is 2.43. The van der Waals surface area contributed by atoms with Gasteiger partial charge in [-0.05, 0) is 48.7 Å². The van der Waals surface area contributed by atoms with E-state index in [1.807, 2.05) is 32.4 Å². The van der Waals surface area contributed by atoms with Gasteiger partial charge in [-0.1, -0.05) is 30.3 Å². The van der Waals surface area contributed by atoms with E-state index in [0.717, 1.165) is 36.3 Å². The second kappa shape index (κ2) is 7.72. The second-order valence-electron chi connectivity index (χ2n) is 7.85. The Hall–Kier alpha value is -2.72. The first kappa shape index (κ1) is 18.6. The van der Waals surface area contributed by atoms with E-state index in [-0.39, 0.29) is 11.2 Å². The Morgan fingerprint density at radius 1 is 1.04 bits per heavy atom. The van der Waals surface area contributed by atoms with E-state index in [1.165, 1.54) is 11.6 Å². The zero-order valence-corrected chi connectivity index (χ0v) is 16.5. The van der Waals surface area contributed by atoms with E-state index >= 15 is 0 Å². The molecule has 1 aromatic heterocycles. The molecule has 3 nitrogen and oxygen atoms in total. The third-order valence-corrected chi connectivity index (χ3v) is 5.62. The van der Waals surface area contributed by atoms with Crippen LogP contribution in [0.15, 0.2) is 66.9 Å². The molecule has 144 valence electrons. The van der Waals surface area contributed by atoms with Crippen molar-refractivity contribution in [2.24, 2.45) is 0 Å². The zero-order chi connectivity index (χ0) is 19.6. The standard InChI is InChI=1S/C24H26FN3/c1-28(2)21-8-5-7-18(14-21)23-15-20(10-13-27-23)24(11-12-24)17-26-16-19-6-3-4-9-22(19)25/h3-10,13-15,26H,11-12,16-17H2,1-2H3. The van der Waals surface area contributed by atoms with Crippen LogP contribution >= 0.6 is 0 Å². The molecule has 0 amide bonds. The van der Waals surface area contributed by atoms with Crippen LogP contribution in [0.1, 0.15) is 24.0 Å². The molecule has 1 aliphatic carbocycles. The summed E-state index contributed by atoms with van der Waals surface area (Å²) < 4.78 is 13.8. The summed E-state index contributed by atoms with van der Waals surface area (Å²) in [6.45, 7) is 1.40. The van der Waals surface area contributed by atoms with Gasteiger partial charge in [0.1, 0.15) is 5.82 Å². The number of rotatable bonds is 7. The van der Waals surface area contributed by atoms with Crippen molar-refractivity contribution in [1.29, 1.82) is 0 Å². The average molecular weight is 375 g/mol. The van der Waals surface area contributed by atoms with E-state index in [4.69, 9.17) is 0 Å². The van der Waals surface area contributed by atoms with Crippen molar-refractivity contribution in [3.63, 3.8) is 0 Å². The monoisotopic (exact) mass is 375 g/mol. The van der Waals surface area contributed by atoms with Crippen molar-refractivity contribution in [3.8, 4) is 11.3 Å². The van der Waals surface area contributed by atoms with Gasteiger partial charge in [0.05, 0.1) is 5.69 Å². The molecule has 0 spiro atoms. The van der Waals surface area contributed by atoms with E-state index < -0.39 is 0 Å². The molecule has 0 radical (unpaired) electrons. The second-order valence-corrected chi connectivity index (χ2v) is 7.85. The first-order valence-electron chi connectivity index (χ1n) is 9.76. The van der Waals surface area contributed by atoms with Gasteiger partial charge < -0.3 is 10.2 Å². The smallest absolute Gasteiger partial charge is 0.127 e. The Balaban J connectivity index is 1.49. The van der Waals surface area contributed by atoms with E-state index in [2.05, 4.69) is 51.6 Å². The van der Waals surface area contributed by atoms with Gasteiger partial charge in [0.15, 0.2) is 0 Å². The quantitative estimate of drug-likeness (QED) is 0.644. The van der Waals surface area contributed by atoms with Gasteiger partial charge in [-0.15, -0.1) is 0 Å². The molecule has 2 aromatic carbocycles. The number of nitrogens with zero attached hydrogens (tertiary/aromatic N) is 2. The molecule has 0 unspecified atom stereocenters. The van der Waals surface area contributed by atoms with Crippen LogP contribution in [0.25, 0.3) is 11.3 Å². The fourth-order valence-corrected chi connectivity index (χ4v) is 3.66. The Kier molecular flexibility index (Phi) is 5.14. The fraction of sp³-hybridized carbons (Fsp3) is 0.292. The summed E-state index contributed by atoms with van der Waals surface area (Å²) in [6, 6.07) is 19.7. The minimum Gasteiger partial charge on any atom is -0.378 e. The summed E-state index contributed by atoms with van der Waals surface area (Å²) >= 11 is 0. The number of hydrogen-bond acceptors (Lipinski definition) is 3. The van der Waals surface area contributed by atoms with Crippen LogP contribution in [-0.2, 0) is 12.0 Å². The lowest BCUT2D eigenvalue weighted by Crippen LogP contribution is -2.27. The highest BCUT2D eigenvalue weighted by Crippen LogP contribution is 2.48. The molecule has 1 fully saturated rings. The lowest BCUT2D eigenvalue weighted by molar-refractivity contribution is 0.549. The van der Waals surface area contributed by atoms with Crippen molar-refractivity contribution in [3.05, 3.63) is 83.8 Å². The topological polar surface area (TPSA) is 28.2 Å². The fourth-order valence-electron chi connectivity index (χ4n) is 3.66. The van der Waals surface area contributed by atoms with Gasteiger partial charge in [-0.25, -0.2) is 4.39 Å². The predicted molar refractivity (Wildman–Crippen MR) is 113 cm³/mol. The molecular weight excluding hydrogens is 349 g/mol. The predicted octanol–water partition coefficient (Wildman–Crippen LogP) is 4.78. The van der Waals surface area contributed by atoms with Crippen LogP contribution < -0.4 is 10.2 Å². The highest BCUT2D eigenvalue weighted by atomic mass is 19.1. The molecule has 1 aliphatic rings. The Morgan fingerprint density at radius 2 is 1.86 bits per heavy atom. The molecule has 1 N–H and O–H groups in total. The van der Waals surface area contributed by atoms with Crippen molar-refractivity contribution in [2.75, 3.05) is 25.5 Å². The van der Waals surface area contributed by atoms with E-state index in [9.17, 15) is 4.39 Å². The summed E-state index contributed by atoms with van der Waals surface area (Å²) in [5.74, 6) is -0.146. The SMILES string of the molecule is CN(C)c1cccc(-c2cc(C3(CNCc4ccccc4F)CC3)ccn2)c1. The third kappa shape index (κ3) is 3.92. The Bertz CT molecular complexity index is 963. The normalized spacial score (nSPS) is 14.7. The summed E-state index contributed by atoms with van der Waals surface area (Å²) in [5.41, 5.74) is 5.47. The van der Waals surface area contributed by atoms with Gasteiger partial charge >= 0.3 is 0 Å². The maximum absolute atomic E-state index is 13.8. The molecule has 28 heavy (non-hydrogen) atoms. The molecule has 0 bridgehead atoms. The Morgan fingerprint density at radius 3 is 2.61 bits per heavy atom. The molecule has 4 rings (SSSR count). The lowest BCUT2D eigenvalue weighted by Gasteiger charge is -2.18. The molecule has 4 heteroatoms. The number of aromatic nitrogens is 1. The molecule has 1 heterocycles. The van der Waals surface area contributed by atoms with Gasteiger partial charge in [0, 0.05) is 55.6 Å². The number of benzene rings is 2. The van der Waals surface area contributed by atoms with Gasteiger partial charge in [-0.2, -0.15) is 0 Å². The zero-order valence-electron chi connectivity index (χ0n) is 16.5. The van der Waals surface area contributed by atoms with Crippen molar-refractivity contribution < 1.29 is 4.39 Å². The number of halogens is 1. The number of pyridine rings is 1. The molecular formula is C24H26FN3. The molecule has 3 aromatic rings. The van der Waals surface area contributed by atoms with Crippen LogP contribution in [0, 0.1) is 5.82 Å². The highest BCUT2D eigenvalue weighted by molar-refractivity contribution is 5.66. The minimum absolute atomic E-state index is 0.141. The third-order valence-electron chi connectivity index (χ3n) is 5.62. The van der Waals surface area contributed by atoms with Gasteiger partial charge in [0.2, 0.25) is 0 Å². The van der Waals surface area contributed by atoms with Crippen molar-refractivity contribution in [1.82, 2.24) is 10.3 Å². The number of anilines is 1. The van der Waals surface area contributed by atoms with Crippen LogP contribution in [0.4, 0.5) is 10.1 Å².